The minimum Gasteiger partial charge on any atom is -0.324 e. The summed E-state index contributed by atoms with van der Waals surface area (Å²) in [6.07, 6.45) is 8.91. The molecule has 1 amide bonds. The molecule has 3 rings (SSSR count). The lowest BCUT2D eigenvalue weighted by Crippen LogP contribution is -2.46. The van der Waals surface area contributed by atoms with Crippen LogP contribution < -0.4 is 5.32 Å². The Morgan fingerprint density at radius 2 is 2.05 bits per heavy atom. The Hall–Kier alpha value is -0.420. The Kier molecular flexibility index (Phi) is 3.46. The van der Waals surface area contributed by atoms with Crippen molar-refractivity contribution in [1.82, 2.24) is 10.2 Å². The molecular weight excluding hydrogens is 260 g/mol. The first-order chi connectivity index (χ1) is 9.03. The molecule has 1 saturated heterocycles. The number of carbonyl (C=O) groups excluding carboxylic acids is 1. The predicted octanol–water partition coefficient (Wildman–Crippen LogP) is 1.23. The largest absolute Gasteiger partial charge is 0.324 e. The Labute approximate surface area is 117 Å². The highest BCUT2D eigenvalue weighted by molar-refractivity contribution is 7.84. The van der Waals surface area contributed by atoms with Crippen molar-refractivity contribution in [3.8, 4) is 0 Å². The van der Waals surface area contributed by atoms with Crippen LogP contribution in [0.5, 0.6) is 0 Å². The van der Waals surface area contributed by atoms with Gasteiger partial charge in [-0.25, -0.2) is 0 Å². The van der Waals surface area contributed by atoms with Crippen molar-refractivity contribution in [3.63, 3.8) is 0 Å². The van der Waals surface area contributed by atoms with Crippen LogP contribution in [-0.2, 0) is 15.6 Å². The third-order valence-corrected chi connectivity index (χ3v) is 6.33. The van der Waals surface area contributed by atoms with Gasteiger partial charge in [-0.2, -0.15) is 0 Å². The molecule has 1 N–H and O–H groups in total. The van der Waals surface area contributed by atoms with E-state index in [1.165, 1.54) is 25.7 Å². The summed E-state index contributed by atoms with van der Waals surface area (Å²) in [4.78, 5) is 14.6. The Balaban J connectivity index is 1.76. The molecule has 108 valence electrons. The number of hydrogen-bond donors (Lipinski definition) is 1. The molecule has 2 aliphatic carbocycles. The van der Waals surface area contributed by atoms with Crippen LogP contribution in [0.3, 0.4) is 0 Å². The van der Waals surface area contributed by atoms with Gasteiger partial charge in [0.2, 0.25) is 5.91 Å². The SMILES string of the molecule is CC(CN1C(=O)C2(CC2)NC1C1CCCC1)S(C)=O. The molecule has 1 aliphatic heterocycles. The van der Waals surface area contributed by atoms with Gasteiger partial charge in [-0.1, -0.05) is 12.8 Å². The molecule has 1 heterocycles. The first-order valence-electron chi connectivity index (χ1n) is 7.44. The molecule has 0 aromatic rings. The topological polar surface area (TPSA) is 49.4 Å². The number of nitrogens with zero attached hydrogens (tertiary/aromatic N) is 1. The molecule has 0 aromatic carbocycles. The summed E-state index contributed by atoms with van der Waals surface area (Å²) in [5, 5.41) is 3.66. The molecule has 0 bridgehead atoms. The lowest BCUT2D eigenvalue weighted by Gasteiger charge is -2.30. The first-order valence-corrected chi connectivity index (χ1v) is 9.07. The van der Waals surface area contributed by atoms with E-state index >= 15 is 0 Å². The van der Waals surface area contributed by atoms with Crippen LogP contribution in [0.25, 0.3) is 0 Å². The molecule has 3 fully saturated rings. The van der Waals surface area contributed by atoms with Gasteiger partial charge in [0.15, 0.2) is 0 Å². The van der Waals surface area contributed by atoms with Crippen molar-refractivity contribution in [2.75, 3.05) is 12.8 Å². The van der Waals surface area contributed by atoms with Gasteiger partial charge in [0.1, 0.15) is 0 Å². The lowest BCUT2D eigenvalue weighted by atomic mass is 10.0. The van der Waals surface area contributed by atoms with E-state index in [2.05, 4.69) is 5.32 Å². The highest BCUT2D eigenvalue weighted by Crippen LogP contribution is 2.45. The van der Waals surface area contributed by atoms with E-state index in [0.29, 0.717) is 12.5 Å². The predicted molar refractivity (Wildman–Crippen MR) is 76.1 cm³/mol. The maximum atomic E-state index is 12.6. The maximum absolute atomic E-state index is 12.6. The van der Waals surface area contributed by atoms with Gasteiger partial charge >= 0.3 is 0 Å². The molecule has 0 aromatic heterocycles. The maximum Gasteiger partial charge on any atom is 0.244 e. The van der Waals surface area contributed by atoms with Gasteiger partial charge in [-0.3, -0.25) is 14.3 Å². The number of hydrogen-bond acceptors (Lipinski definition) is 3. The molecule has 5 heteroatoms. The zero-order chi connectivity index (χ0) is 13.6. The van der Waals surface area contributed by atoms with Crippen LogP contribution in [0.15, 0.2) is 0 Å². The number of rotatable bonds is 4. The Morgan fingerprint density at radius 3 is 2.58 bits per heavy atom. The summed E-state index contributed by atoms with van der Waals surface area (Å²) in [5.74, 6) is 0.864. The summed E-state index contributed by atoms with van der Waals surface area (Å²) in [7, 11) is -0.864. The first kappa shape index (κ1) is 13.6. The van der Waals surface area contributed by atoms with Crippen LogP contribution >= 0.6 is 0 Å². The molecular formula is C14H24N2O2S. The fourth-order valence-corrected chi connectivity index (χ4v) is 3.90. The normalized spacial score (nSPS) is 33.1. The van der Waals surface area contributed by atoms with Gasteiger partial charge in [0.25, 0.3) is 0 Å². The number of carbonyl (C=O) groups is 1. The summed E-state index contributed by atoms with van der Waals surface area (Å²) < 4.78 is 11.6. The third-order valence-electron chi connectivity index (χ3n) is 5.05. The highest BCUT2D eigenvalue weighted by Gasteiger charge is 2.60. The number of nitrogens with one attached hydrogen (secondary N) is 1. The Bertz CT molecular complexity index is 402. The molecule has 0 radical (unpaired) electrons. The molecule has 3 unspecified atom stereocenters. The molecule has 4 nitrogen and oxygen atoms in total. The van der Waals surface area contributed by atoms with Gasteiger partial charge in [-0.15, -0.1) is 0 Å². The minimum absolute atomic E-state index is 0.0588. The molecule has 1 spiro atoms. The molecule has 19 heavy (non-hydrogen) atoms. The van der Waals surface area contributed by atoms with Crippen LogP contribution in [0.1, 0.15) is 45.4 Å². The smallest absolute Gasteiger partial charge is 0.244 e. The zero-order valence-electron chi connectivity index (χ0n) is 11.9. The molecule has 3 aliphatic rings. The monoisotopic (exact) mass is 284 g/mol. The summed E-state index contributed by atoms with van der Waals surface area (Å²) >= 11 is 0. The van der Waals surface area contributed by atoms with Gasteiger partial charge in [0.05, 0.1) is 11.7 Å². The van der Waals surface area contributed by atoms with Gasteiger partial charge in [0, 0.05) is 28.9 Å². The standard InChI is InChI=1S/C14H24N2O2S/c1-10(19(2)18)9-16-12(11-5-3-4-6-11)15-14(7-8-14)13(16)17/h10-12,15H,3-9H2,1-2H3. The second-order valence-corrected chi connectivity index (χ2v) is 8.28. The van der Waals surface area contributed by atoms with E-state index in [0.717, 1.165) is 12.8 Å². The van der Waals surface area contributed by atoms with E-state index in [1.807, 2.05) is 11.8 Å². The summed E-state index contributed by atoms with van der Waals surface area (Å²) in [6, 6.07) is 0. The van der Waals surface area contributed by atoms with E-state index in [1.54, 1.807) is 6.26 Å². The van der Waals surface area contributed by atoms with Crippen molar-refractivity contribution in [2.45, 2.75) is 62.4 Å². The minimum atomic E-state index is -0.864. The fraction of sp³-hybridized carbons (Fsp3) is 0.929. The van der Waals surface area contributed by atoms with Crippen molar-refractivity contribution in [3.05, 3.63) is 0 Å². The quantitative estimate of drug-likeness (QED) is 0.845. The lowest BCUT2D eigenvalue weighted by molar-refractivity contribution is -0.131. The van der Waals surface area contributed by atoms with Crippen molar-refractivity contribution >= 4 is 16.7 Å². The summed E-state index contributed by atoms with van der Waals surface area (Å²) in [6.45, 7) is 2.62. The van der Waals surface area contributed by atoms with Crippen molar-refractivity contribution < 1.29 is 9.00 Å². The molecule has 3 atom stereocenters. The average Bonchev–Trinajstić information content (AvgIpc) is 2.85. The van der Waals surface area contributed by atoms with Crippen LogP contribution in [0.4, 0.5) is 0 Å². The average molecular weight is 284 g/mol. The van der Waals surface area contributed by atoms with E-state index in [4.69, 9.17) is 0 Å². The van der Waals surface area contributed by atoms with Crippen LogP contribution in [0, 0.1) is 5.92 Å². The van der Waals surface area contributed by atoms with Gasteiger partial charge < -0.3 is 4.90 Å². The van der Waals surface area contributed by atoms with Crippen molar-refractivity contribution in [2.24, 2.45) is 5.92 Å². The van der Waals surface area contributed by atoms with E-state index in [-0.39, 0.29) is 22.9 Å². The zero-order valence-corrected chi connectivity index (χ0v) is 12.7. The fourth-order valence-electron chi connectivity index (χ4n) is 3.53. The second kappa shape index (κ2) is 4.85. The highest BCUT2D eigenvalue weighted by atomic mass is 32.2. The van der Waals surface area contributed by atoms with Gasteiger partial charge in [-0.05, 0) is 38.5 Å². The van der Waals surface area contributed by atoms with E-state index in [9.17, 15) is 9.00 Å². The van der Waals surface area contributed by atoms with Crippen LogP contribution in [0.2, 0.25) is 0 Å². The van der Waals surface area contributed by atoms with E-state index < -0.39 is 10.8 Å². The van der Waals surface area contributed by atoms with Crippen molar-refractivity contribution in [1.29, 1.82) is 0 Å². The summed E-state index contributed by atoms with van der Waals surface area (Å²) in [5.41, 5.74) is -0.234. The second-order valence-electron chi connectivity index (χ2n) is 6.48. The third kappa shape index (κ3) is 2.35. The Morgan fingerprint density at radius 1 is 1.42 bits per heavy atom. The number of amides is 1. The van der Waals surface area contributed by atoms with Crippen LogP contribution in [-0.4, -0.2) is 44.8 Å². The molecule has 2 saturated carbocycles.